The van der Waals surface area contributed by atoms with Gasteiger partial charge in [-0.1, -0.05) is 6.07 Å². The second-order valence-corrected chi connectivity index (χ2v) is 6.40. The van der Waals surface area contributed by atoms with Gasteiger partial charge in [0.2, 0.25) is 5.28 Å². The van der Waals surface area contributed by atoms with Crippen LogP contribution in [0.25, 0.3) is 0 Å². The molecule has 0 aliphatic carbocycles. The molecule has 112 valence electrons. The molecule has 0 radical (unpaired) electrons. The molecule has 0 atom stereocenters. The summed E-state index contributed by atoms with van der Waals surface area (Å²) < 4.78 is 32.3. The number of nitrogens with zero attached hydrogens (tertiary/aromatic N) is 2. The first kappa shape index (κ1) is 15.5. The van der Waals surface area contributed by atoms with Gasteiger partial charge in [0.15, 0.2) is 0 Å². The van der Waals surface area contributed by atoms with Crippen molar-refractivity contribution in [3.8, 4) is 5.75 Å². The number of aromatic nitrogens is 2. The summed E-state index contributed by atoms with van der Waals surface area (Å²) in [7, 11) is -2.24. The van der Waals surface area contributed by atoms with E-state index in [2.05, 4.69) is 14.7 Å². The lowest BCUT2D eigenvalue weighted by molar-refractivity contribution is 0.409. The molecule has 0 aliphatic heterocycles. The second-order valence-electron chi connectivity index (χ2n) is 4.38. The van der Waals surface area contributed by atoms with Gasteiger partial charge in [-0.3, -0.25) is 4.72 Å². The van der Waals surface area contributed by atoms with Crippen LogP contribution in [0.3, 0.4) is 0 Å². The highest BCUT2D eigenvalue weighted by Gasteiger charge is 2.18. The summed E-state index contributed by atoms with van der Waals surface area (Å²) >= 11 is 5.55. The van der Waals surface area contributed by atoms with E-state index in [1.165, 1.54) is 0 Å². The summed E-state index contributed by atoms with van der Waals surface area (Å²) in [5.41, 5.74) is 2.07. The van der Waals surface area contributed by atoms with Crippen LogP contribution < -0.4 is 9.46 Å². The fourth-order valence-electron chi connectivity index (χ4n) is 1.89. The molecule has 0 bridgehead atoms. The maximum Gasteiger partial charge on any atom is 0.264 e. The number of aryl methyl sites for hydroxylation is 1. The van der Waals surface area contributed by atoms with Crippen LogP contribution in [-0.2, 0) is 10.0 Å². The van der Waals surface area contributed by atoms with E-state index in [0.717, 1.165) is 18.0 Å². The Labute approximate surface area is 128 Å². The zero-order valence-corrected chi connectivity index (χ0v) is 13.3. The van der Waals surface area contributed by atoms with Gasteiger partial charge in [0.25, 0.3) is 10.0 Å². The number of anilines is 1. The number of sulfonamides is 1. The third-order valence-electron chi connectivity index (χ3n) is 2.96. The number of nitrogens with one attached hydrogen (secondary N) is 1. The van der Waals surface area contributed by atoms with Crippen molar-refractivity contribution in [3.05, 3.63) is 40.9 Å². The molecule has 2 rings (SSSR count). The second kappa shape index (κ2) is 5.87. The Kier molecular flexibility index (Phi) is 4.34. The predicted octanol–water partition coefficient (Wildman–Crippen LogP) is 2.56. The predicted molar refractivity (Wildman–Crippen MR) is 80.3 cm³/mol. The fourth-order valence-corrected chi connectivity index (χ4v) is 3.00. The summed E-state index contributed by atoms with van der Waals surface area (Å²) in [5.74, 6) is 0.641. The van der Waals surface area contributed by atoms with Gasteiger partial charge in [-0.15, -0.1) is 0 Å². The zero-order chi connectivity index (χ0) is 15.6. The fraction of sp³-hybridized carbons (Fsp3) is 0.231. The number of hydrogen-bond acceptors (Lipinski definition) is 5. The summed E-state index contributed by atoms with van der Waals surface area (Å²) in [4.78, 5) is 7.27. The molecule has 0 saturated heterocycles. The Balaban J connectivity index is 2.39. The Hall–Kier alpha value is -1.86. The SMILES string of the molecule is COc1c(C)ccc(NS(=O)(=O)c2cnc(Cl)nc2)c1C. The first-order chi connectivity index (χ1) is 9.85. The molecule has 0 amide bonds. The van der Waals surface area contributed by atoms with Crippen LogP contribution >= 0.6 is 11.6 Å². The Morgan fingerprint density at radius 2 is 1.81 bits per heavy atom. The van der Waals surface area contributed by atoms with Crippen molar-refractivity contribution in [2.75, 3.05) is 11.8 Å². The van der Waals surface area contributed by atoms with E-state index in [1.807, 2.05) is 6.92 Å². The molecule has 0 spiro atoms. The van der Waals surface area contributed by atoms with Crippen LogP contribution in [0.5, 0.6) is 5.75 Å². The lowest BCUT2D eigenvalue weighted by Crippen LogP contribution is -2.14. The van der Waals surface area contributed by atoms with Gasteiger partial charge in [-0.05, 0) is 37.1 Å². The maximum absolute atomic E-state index is 12.3. The smallest absolute Gasteiger partial charge is 0.264 e. The van der Waals surface area contributed by atoms with Gasteiger partial charge in [0.1, 0.15) is 10.6 Å². The summed E-state index contributed by atoms with van der Waals surface area (Å²) in [6, 6.07) is 3.46. The van der Waals surface area contributed by atoms with Gasteiger partial charge >= 0.3 is 0 Å². The average Bonchev–Trinajstić information content (AvgIpc) is 2.43. The minimum atomic E-state index is -3.78. The van der Waals surface area contributed by atoms with Crippen LogP contribution in [0, 0.1) is 13.8 Å². The van der Waals surface area contributed by atoms with Crippen molar-refractivity contribution in [3.63, 3.8) is 0 Å². The van der Waals surface area contributed by atoms with Crippen molar-refractivity contribution in [1.82, 2.24) is 9.97 Å². The van der Waals surface area contributed by atoms with Crippen LogP contribution in [0.1, 0.15) is 11.1 Å². The molecule has 1 aromatic carbocycles. The summed E-state index contributed by atoms with van der Waals surface area (Å²) in [5, 5.41) is -0.0119. The average molecular weight is 328 g/mol. The molecular formula is C13H14ClN3O3S. The molecule has 1 N–H and O–H groups in total. The molecule has 0 unspecified atom stereocenters. The Morgan fingerprint density at radius 1 is 1.19 bits per heavy atom. The molecular weight excluding hydrogens is 314 g/mol. The minimum Gasteiger partial charge on any atom is -0.496 e. The van der Waals surface area contributed by atoms with E-state index in [0.29, 0.717) is 17.0 Å². The molecule has 2 aromatic rings. The highest BCUT2D eigenvalue weighted by molar-refractivity contribution is 7.92. The highest BCUT2D eigenvalue weighted by Crippen LogP contribution is 2.30. The topological polar surface area (TPSA) is 81.2 Å². The first-order valence-corrected chi connectivity index (χ1v) is 7.86. The van der Waals surface area contributed by atoms with Gasteiger partial charge in [-0.2, -0.15) is 0 Å². The molecule has 8 heteroatoms. The summed E-state index contributed by atoms with van der Waals surface area (Å²) in [6.45, 7) is 3.67. The number of hydrogen-bond donors (Lipinski definition) is 1. The largest absolute Gasteiger partial charge is 0.496 e. The van der Waals surface area contributed by atoms with Crippen molar-refractivity contribution in [2.45, 2.75) is 18.7 Å². The quantitative estimate of drug-likeness (QED) is 0.873. The third-order valence-corrected chi connectivity index (χ3v) is 4.47. The lowest BCUT2D eigenvalue weighted by atomic mass is 10.1. The van der Waals surface area contributed by atoms with Gasteiger partial charge in [0.05, 0.1) is 25.2 Å². The van der Waals surface area contributed by atoms with Crippen molar-refractivity contribution >= 4 is 27.3 Å². The van der Waals surface area contributed by atoms with E-state index in [4.69, 9.17) is 16.3 Å². The van der Waals surface area contributed by atoms with Gasteiger partial charge in [-0.25, -0.2) is 18.4 Å². The molecule has 0 fully saturated rings. The molecule has 21 heavy (non-hydrogen) atoms. The number of rotatable bonds is 4. The standard InChI is InChI=1S/C13H14ClN3O3S/c1-8-4-5-11(9(2)12(8)20-3)17-21(18,19)10-6-15-13(14)16-7-10/h4-7,17H,1-3H3. The van der Waals surface area contributed by atoms with Crippen LogP contribution in [0.2, 0.25) is 5.28 Å². The van der Waals surface area contributed by atoms with E-state index in [1.54, 1.807) is 26.2 Å². The van der Waals surface area contributed by atoms with E-state index in [-0.39, 0.29) is 10.2 Å². The van der Waals surface area contributed by atoms with E-state index in [9.17, 15) is 8.42 Å². The minimum absolute atomic E-state index is 0.0119. The monoisotopic (exact) mass is 327 g/mol. The van der Waals surface area contributed by atoms with Gasteiger partial charge < -0.3 is 4.74 Å². The lowest BCUT2D eigenvalue weighted by Gasteiger charge is -2.14. The van der Waals surface area contributed by atoms with Crippen LogP contribution in [-0.4, -0.2) is 25.5 Å². The number of ether oxygens (including phenoxy) is 1. The molecule has 1 aromatic heterocycles. The zero-order valence-electron chi connectivity index (χ0n) is 11.7. The molecule has 0 aliphatic rings. The Bertz CT molecular complexity index is 761. The van der Waals surface area contributed by atoms with Gasteiger partial charge in [0, 0.05) is 5.56 Å². The van der Waals surface area contributed by atoms with Crippen molar-refractivity contribution in [1.29, 1.82) is 0 Å². The Morgan fingerprint density at radius 3 is 2.38 bits per heavy atom. The maximum atomic E-state index is 12.3. The van der Waals surface area contributed by atoms with E-state index < -0.39 is 10.0 Å². The number of benzene rings is 1. The molecule has 1 heterocycles. The molecule has 0 saturated carbocycles. The normalized spacial score (nSPS) is 11.2. The van der Waals surface area contributed by atoms with Crippen LogP contribution in [0.15, 0.2) is 29.4 Å². The molecule has 6 nitrogen and oxygen atoms in total. The van der Waals surface area contributed by atoms with Crippen molar-refractivity contribution in [2.24, 2.45) is 0 Å². The first-order valence-electron chi connectivity index (χ1n) is 5.99. The highest BCUT2D eigenvalue weighted by atomic mass is 35.5. The van der Waals surface area contributed by atoms with E-state index >= 15 is 0 Å². The number of methoxy groups -OCH3 is 1. The number of halogens is 1. The third kappa shape index (κ3) is 3.25. The van der Waals surface area contributed by atoms with Crippen molar-refractivity contribution < 1.29 is 13.2 Å². The van der Waals surface area contributed by atoms with Crippen LogP contribution in [0.4, 0.5) is 5.69 Å². The summed E-state index contributed by atoms with van der Waals surface area (Å²) in [6.07, 6.45) is 2.30.